The summed E-state index contributed by atoms with van der Waals surface area (Å²) < 4.78 is 7.01. The van der Waals surface area contributed by atoms with Crippen LogP contribution in [-0.2, 0) is 0 Å². The van der Waals surface area contributed by atoms with Crippen LogP contribution in [0.2, 0.25) is 0 Å². The van der Waals surface area contributed by atoms with Gasteiger partial charge in [-0.05, 0) is 84.0 Å². The van der Waals surface area contributed by atoms with E-state index in [-0.39, 0.29) is 0 Å². The molecule has 22 heavy (non-hydrogen) atoms. The first-order valence-electron chi connectivity index (χ1n) is 7.59. The monoisotopic (exact) mass is 473 g/mol. The van der Waals surface area contributed by atoms with E-state index in [1.165, 1.54) is 22.8 Å². The molecule has 0 aromatic heterocycles. The lowest BCUT2D eigenvalue weighted by atomic mass is 10.2. The Morgan fingerprint density at radius 1 is 0.818 bits per heavy atom. The second-order valence-electron chi connectivity index (χ2n) is 5.11. The summed E-state index contributed by atoms with van der Waals surface area (Å²) in [5, 5.41) is 4.49. The Hall–Kier alpha value is -0.750. The van der Waals surface area contributed by atoms with Gasteiger partial charge >= 0.3 is 0 Å². The third kappa shape index (κ3) is 6.57. The smallest absolute Gasteiger partial charge is 0.119 e. The van der Waals surface area contributed by atoms with Gasteiger partial charge < -0.3 is 10.1 Å². The minimum Gasteiger partial charge on any atom is -0.494 e. The molecule has 0 saturated heterocycles. The van der Waals surface area contributed by atoms with Crippen molar-refractivity contribution >= 4 is 49.9 Å². The van der Waals surface area contributed by atoms with Gasteiger partial charge in [0.15, 0.2) is 0 Å². The van der Waals surface area contributed by atoms with Crippen LogP contribution in [0.5, 0.6) is 5.75 Å². The van der Waals surface area contributed by atoms with Crippen molar-refractivity contribution in [3.05, 3.63) is 52.1 Å². The van der Waals surface area contributed by atoms with E-state index in [1.807, 2.05) is 12.1 Å². The first-order valence-corrected chi connectivity index (χ1v) is 9.79. The third-order valence-electron chi connectivity index (χ3n) is 3.28. The summed E-state index contributed by atoms with van der Waals surface area (Å²) in [7, 11) is 0. The maximum atomic E-state index is 5.77. The number of alkyl halides is 1. The number of anilines is 2. The van der Waals surface area contributed by atoms with Crippen molar-refractivity contribution in [2.75, 3.05) is 17.3 Å². The molecule has 0 radical (unpaired) electrons. The predicted molar refractivity (Wildman–Crippen MR) is 107 cm³/mol. The lowest BCUT2D eigenvalue weighted by Crippen LogP contribution is -1.97. The molecule has 1 N–H and O–H groups in total. The number of nitrogens with one attached hydrogen (secondary N) is 1. The number of ether oxygens (including phenoxy) is 1. The Balaban J connectivity index is 1.74. The fourth-order valence-corrected chi connectivity index (χ4v) is 2.83. The summed E-state index contributed by atoms with van der Waals surface area (Å²) in [4.78, 5) is 0. The molecule has 2 aromatic rings. The minimum atomic E-state index is 0.798. The van der Waals surface area contributed by atoms with Gasteiger partial charge in [-0.15, -0.1) is 0 Å². The molecule has 0 bridgehead atoms. The maximum absolute atomic E-state index is 5.77. The SMILES string of the molecule is BrCCCCCCOc1ccc(Nc2ccc(I)cc2)cc1. The van der Waals surface area contributed by atoms with Crippen LogP contribution in [0, 0.1) is 3.57 Å². The van der Waals surface area contributed by atoms with E-state index in [9.17, 15) is 0 Å². The van der Waals surface area contributed by atoms with E-state index >= 15 is 0 Å². The summed E-state index contributed by atoms with van der Waals surface area (Å²) in [6, 6.07) is 16.5. The average Bonchev–Trinajstić information content (AvgIpc) is 2.54. The highest BCUT2D eigenvalue weighted by Crippen LogP contribution is 2.21. The molecule has 0 spiro atoms. The second-order valence-corrected chi connectivity index (χ2v) is 7.15. The average molecular weight is 474 g/mol. The van der Waals surface area contributed by atoms with Crippen LogP contribution >= 0.6 is 38.5 Å². The van der Waals surface area contributed by atoms with E-state index in [2.05, 4.69) is 80.2 Å². The number of halogens is 2. The quantitative estimate of drug-likeness (QED) is 0.259. The zero-order valence-electron chi connectivity index (χ0n) is 12.5. The minimum absolute atomic E-state index is 0.798. The molecule has 0 atom stereocenters. The van der Waals surface area contributed by atoms with Crippen molar-refractivity contribution in [3.8, 4) is 5.75 Å². The Kier molecular flexibility index (Phi) is 8.08. The molecule has 0 aliphatic heterocycles. The molecule has 0 unspecified atom stereocenters. The van der Waals surface area contributed by atoms with Gasteiger partial charge in [-0.25, -0.2) is 0 Å². The topological polar surface area (TPSA) is 21.3 Å². The number of hydrogen-bond donors (Lipinski definition) is 1. The van der Waals surface area contributed by atoms with E-state index in [1.54, 1.807) is 0 Å². The van der Waals surface area contributed by atoms with Crippen LogP contribution in [0.1, 0.15) is 25.7 Å². The van der Waals surface area contributed by atoms with Crippen LogP contribution in [0.3, 0.4) is 0 Å². The number of hydrogen-bond acceptors (Lipinski definition) is 2. The zero-order chi connectivity index (χ0) is 15.6. The van der Waals surface area contributed by atoms with Crippen molar-refractivity contribution in [3.63, 3.8) is 0 Å². The first kappa shape index (κ1) is 17.6. The normalized spacial score (nSPS) is 10.5. The van der Waals surface area contributed by atoms with Crippen LogP contribution in [0.4, 0.5) is 11.4 Å². The second kappa shape index (κ2) is 10.1. The number of rotatable bonds is 9. The van der Waals surface area contributed by atoms with E-state index in [0.717, 1.165) is 35.5 Å². The molecule has 2 rings (SSSR count). The van der Waals surface area contributed by atoms with Gasteiger partial charge in [0.1, 0.15) is 5.75 Å². The zero-order valence-corrected chi connectivity index (χ0v) is 16.3. The van der Waals surface area contributed by atoms with Gasteiger partial charge in [0.25, 0.3) is 0 Å². The van der Waals surface area contributed by atoms with E-state index in [0.29, 0.717) is 0 Å². The molecule has 2 nitrogen and oxygen atoms in total. The standard InChI is InChI=1S/C18H21BrINO/c19-13-3-1-2-4-14-22-18-11-9-17(10-12-18)21-16-7-5-15(20)6-8-16/h5-12,21H,1-4,13-14H2. The molecule has 0 aliphatic rings. The highest BCUT2D eigenvalue weighted by Gasteiger charge is 1.97. The summed E-state index contributed by atoms with van der Waals surface area (Å²) in [6.07, 6.45) is 4.88. The Morgan fingerprint density at radius 3 is 2.05 bits per heavy atom. The molecule has 2 aromatic carbocycles. The summed E-state index contributed by atoms with van der Waals surface area (Å²) in [5.74, 6) is 0.939. The molecular formula is C18H21BrINO. The van der Waals surface area contributed by atoms with Crippen LogP contribution < -0.4 is 10.1 Å². The molecule has 0 saturated carbocycles. The fraction of sp³-hybridized carbons (Fsp3) is 0.333. The molecular weight excluding hydrogens is 453 g/mol. The summed E-state index contributed by atoms with van der Waals surface area (Å²) in [6.45, 7) is 0.798. The van der Waals surface area contributed by atoms with Gasteiger partial charge in [-0.3, -0.25) is 0 Å². The molecule has 118 valence electrons. The third-order valence-corrected chi connectivity index (χ3v) is 4.56. The van der Waals surface area contributed by atoms with E-state index < -0.39 is 0 Å². The highest BCUT2D eigenvalue weighted by atomic mass is 127. The molecule has 0 heterocycles. The highest BCUT2D eigenvalue weighted by molar-refractivity contribution is 14.1. The van der Waals surface area contributed by atoms with Crippen molar-refractivity contribution in [2.45, 2.75) is 25.7 Å². The van der Waals surface area contributed by atoms with Crippen LogP contribution in [-0.4, -0.2) is 11.9 Å². The van der Waals surface area contributed by atoms with Crippen molar-refractivity contribution < 1.29 is 4.74 Å². The van der Waals surface area contributed by atoms with Crippen molar-refractivity contribution in [1.29, 1.82) is 0 Å². The number of unbranched alkanes of at least 4 members (excludes halogenated alkanes) is 3. The largest absolute Gasteiger partial charge is 0.494 e. The van der Waals surface area contributed by atoms with Gasteiger partial charge in [-0.1, -0.05) is 28.8 Å². The first-order chi connectivity index (χ1) is 10.8. The van der Waals surface area contributed by atoms with Crippen LogP contribution in [0.15, 0.2) is 48.5 Å². The van der Waals surface area contributed by atoms with Gasteiger partial charge in [-0.2, -0.15) is 0 Å². The van der Waals surface area contributed by atoms with E-state index in [4.69, 9.17) is 4.74 Å². The molecule has 4 heteroatoms. The lowest BCUT2D eigenvalue weighted by Gasteiger charge is -2.09. The Bertz CT molecular complexity index is 542. The predicted octanol–water partition coefficient (Wildman–Crippen LogP) is 6.37. The summed E-state index contributed by atoms with van der Waals surface area (Å²) in [5.41, 5.74) is 2.17. The Morgan fingerprint density at radius 2 is 1.41 bits per heavy atom. The summed E-state index contributed by atoms with van der Waals surface area (Å²) >= 11 is 5.76. The molecule has 0 amide bonds. The van der Waals surface area contributed by atoms with Crippen molar-refractivity contribution in [1.82, 2.24) is 0 Å². The lowest BCUT2D eigenvalue weighted by molar-refractivity contribution is 0.305. The fourth-order valence-electron chi connectivity index (χ4n) is 2.07. The van der Waals surface area contributed by atoms with Gasteiger partial charge in [0.05, 0.1) is 6.61 Å². The molecule has 0 fully saturated rings. The van der Waals surface area contributed by atoms with Gasteiger partial charge in [0.2, 0.25) is 0 Å². The number of benzene rings is 2. The van der Waals surface area contributed by atoms with Crippen LogP contribution in [0.25, 0.3) is 0 Å². The van der Waals surface area contributed by atoms with Crippen molar-refractivity contribution in [2.24, 2.45) is 0 Å². The maximum Gasteiger partial charge on any atom is 0.119 e. The Labute approximate surface area is 154 Å². The molecule has 0 aliphatic carbocycles. The van der Waals surface area contributed by atoms with Gasteiger partial charge in [0, 0.05) is 20.3 Å².